The molecule has 1 amide bonds. The second-order valence-electron chi connectivity index (χ2n) is 14.3. The van der Waals surface area contributed by atoms with Gasteiger partial charge in [-0.1, -0.05) is 104 Å². The summed E-state index contributed by atoms with van der Waals surface area (Å²) in [5.41, 5.74) is -3.88. The Morgan fingerprint density at radius 1 is 0.920 bits per heavy atom. The van der Waals surface area contributed by atoms with Gasteiger partial charge in [0.05, 0.1) is 36.0 Å². The normalized spacial score (nSPS) is 21.1. The van der Waals surface area contributed by atoms with Gasteiger partial charge in [0, 0.05) is 31.7 Å². The third-order valence-corrected chi connectivity index (χ3v) is 17.3. The van der Waals surface area contributed by atoms with Crippen molar-refractivity contribution in [2.45, 2.75) is 63.3 Å². The van der Waals surface area contributed by atoms with Crippen molar-refractivity contribution in [3.05, 3.63) is 112 Å². The van der Waals surface area contributed by atoms with Crippen LogP contribution in [-0.4, -0.2) is 90.6 Å². The molecule has 3 heterocycles. The highest BCUT2D eigenvalue weighted by atomic mass is 32.1. The average Bonchev–Trinajstić information content (AvgIpc) is 3.55. The SMILES string of the molecule is C[C@@H]1CN(C(O)(c2nc(C(=O)N3CCOCC3)c(C(O)[Si](c3ccccc3)(c3ccccc3)C(C)(C)C)s2)c2cccc(F)c2F)C[C@H](C)O1. The summed E-state index contributed by atoms with van der Waals surface area (Å²) in [7, 11) is -3.35. The van der Waals surface area contributed by atoms with Gasteiger partial charge in [-0.05, 0) is 25.0 Å². The molecule has 1 aromatic heterocycles. The van der Waals surface area contributed by atoms with Crippen LogP contribution in [0.4, 0.5) is 8.78 Å². The molecular weight excluding hydrogens is 677 g/mol. The van der Waals surface area contributed by atoms with Gasteiger partial charge in [0.25, 0.3) is 5.91 Å². The zero-order valence-electron chi connectivity index (χ0n) is 29.1. The van der Waals surface area contributed by atoms with Gasteiger partial charge in [-0.25, -0.2) is 13.8 Å². The molecule has 266 valence electrons. The molecule has 2 aliphatic heterocycles. The van der Waals surface area contributed by atoms with Crippen LogP contribution in [0.1, 0.15) is 66.3 Å². The lowest BCUT2D eigenvalue weighted by Crippen LogP contribution is -2.68. The van der Waals surface area contributed by atoms with Gasteiger partial charge < -0.3 is 24.6 Å². The van der Waals surface area contributed by atoms with Crippen LogP contribution in [0.15, 0.2) is 78.9 Å². The highest BCUT2D eigenvalue weighted by Crippen LogP contribution is 2.48. The van der Waals surface area contributed by atoms with Crippen LogP contribution in [0.2, 0.25) is 5.04 Å². The zero-order chi connectivity index (χ0) is 35.8. The third-order valence-electron chi connectivity index (χ3n) is 9.96. The summed E-state index contributed by atoms with van der Waals surface area (Å²) in [6, 6.07) is 23.4. The van der Waals surface area contributed by atoms with E-state index in [2.05, 4.69) is 20.8 Å². The lowest BCUT2D eigenvalue weighted by atomic mass is 9.98. The van der Waals surface area contributed by atoms with E-state index in [0.29, 0.717) is 26.3 Å². The van der Waals surface area contributed by atoms with Crippen LogP contribution in [0.5, 0.6) is 0 Å². The van der Waals surface area contributed by atoms with E-state index in [1.54, 1.807) is 9.80 Å². The Kier molecular flexibility index (Phi) is 10.4. The Labute approximate surface area is 297 Å². The fourth-order valence-electron chi connectivity index (χ4n) is 7.73. The minimum atomic E-state index is -3.35. The van der Waals surface area contributed by atoms with E-state index in [9.17, 15) is 19.4 Å². The number of nitrogens with zero attached hydrogens (tertiary/aromatic N) is 3. The van der Waals surface area contributed by atoms with Gasteiger partial charge in [0.1, 0.15) is 10.7 Å². The number of thiazole rings is 1. The molecule has 2 N–H and O–H groups in total. The molecule has 12 heteroatoms. The van der Waals surface area contributed by atoms with Crippen molar-refractivity contribution in [2.75, 3.05) is 39.4 Å². The molecule has 0 radical (unpaired) electrons. The van der Waals surface area contributed by atoms with Gasteiger partial charge in [-0.15, -0.1) is 11.3 Å². The van der Waals surface area contributed by atoms with Gasteiger partial charge in [-0.3, -0.25) is 9.69 Å². The average molecular weight is 722 g/mol. The van der Waals surface area contributed by atoms with E-state index in [0.717, 1.165) is 27.8 Å². The Balaban J connectivity index is 1.65. The fraction of sp³-hybridized carbons (Fsp3) is 0.421. The summed E-state index contributed by atoms with van der Waals surface area (Å²) < 4.78 is 42.3. The lowest BCUT2D eigenvalue weighted by Gasteiger charge is -2.47. The van der Waals surface area contributed by atoms with Gasteiger partial charge in [0.15, 0.2) is 19.7 Å². The lowest BCUT2D eigenvalue weighted by molar-refractivity contribution is -0.162. The number of hydrogen-bond donors (Lipinski definition) is 2. The molecule has 2 unspecified atom stereocenters. The molecular formula is C38H45F2N3O5SSi. The molecule has 4 aromatic rings. The first-order chi connectivity index (χ1) is 23.8. The Hall–Kier alpha value is -3.36. The number of carbonyl (C=O) groups excluding carboxylic acids is 1. The quantitative estimate of drug-likeness (QED) is 0.252. The number of halogens is 2. The second-order valence-corrected chi connectivity index (χ2v) is 20.1. The molecule has 4 atom stereocenters. The summed E-state index contributed by atoms with van der Waals surface area (Å²) in [6.45, 7) is 11.7. The molecule has 0 aliphatic carbocycles. The topological polar surface area (TPSA) is 95.4 Å². The number of ether oxygens (including phenoxy) is 2. The summed E-state index contributed by atoms with van der Waals surface area (Å²) in [6.07, 6.45) is -0.697. The van der Waals surface area contributed by atoms with Crippen LogP contribution in [0, 0.1) is 11.6 Å². The molecule has 8 nitrogen and oxygen atoms in total. The Morgan fingerprint density at radius 2 is 1.48 bits per heavy atom. The summed E-state index contributed by atoms with van der Waals surface area (Å²) in [5.74, 6) is -2.76. The van der Waals surface area contributed by atoms with Crippen LogP contribution in [-0.2, 0) is 15.2 Å². The first-order valence-electron chi connectivity index (χ1n) is 17.0. The van der Waals surface area contributed by atoms with Crippen LogP contribution in [0.3, 0.4) is 0 Å². The first-order valence-corrected chi connectivity index (χ1v) is 19.9. The molecule has 0 spiro atoms. The Morgan fingerprint density at radius 3 is 2.02 bits per heavy atom. The second kappa shape index (κ2) is 14.3. The van der Waals surface area contributed by atoms with Crippen molar-refractivity contribution < 1.29 is 33.3 Å². The van der Waals surface area contributed by atoms with E-state index < -0.39 is 42.1 Å². The summed E-state index contributed by atoms with van der Waals surface area (Å²) in [4.78, 5) is 22.9. The van der Waals surface area contributed by atoms with Crippen molar-refractivity contribution in [1.29, 1.82) is 0 Å². The predicted molar refractivity (Wildman–Crippen MR) is 192 cm³/mol. The van der Waals surface area contributed by atoms with Gasteiger partial charge >= 0.3 is 0 Å². The van der Waals surface area contributed by atoms with Crippen molar-refractivity contribution in [2.24, 2.45) is 0 Å². The largest absolute Gasteiger partial charge is 0.390 e. The molecule has 2 saturated heterocycles. The third kappa shape index (κ3) is 6.36. The van der Waals surface area contributed by atoms with Crippen LogP contribution >= 0.6 is 11.3 Å². The molecule has 3 aromatic carbocycles. The number of aromatic nitrogens is 1. The molecule has 2 aliphatic rings. The molecule has 2 fully saturated rings. The maximum atomic E-state index is 15.9. The zero-order valence-corrected chi connectivity index (χ0v) is 30.9. The van der Waals surface area contributed by atoms with E-state index in [1.807, 2.05) is 74.5 Å². The number of amides is 1. The monoisotopic (exact) mass is 721 g/mol. The van der Waals surface area contributed by atoms with Crippen LogP contribution < -0.4 is 10.4 Å². The number of carbonyl (C=O) groups is 1. The molecule has 0 bridgehead atoms. The first kappa shape index (κ1) is 36.4. The summed E-state index contributed by atoms with van der Waals surface area (Å²) >= 11 is 0.978. The van der Waals surface area contributed by atoms with Crippen molar-refractivity contribution in [3.8, 4) is 0 Å². The van der Waals surface area contributed by atoms with E-state index in [4.69, 9.17) is 14.5 Å². The fourth-order valence-corrected chi connectivity index (χ4v) is 15.0. The number of benzene rings is 3. The maximum absolute atomic E-state index is 15.9. The highest BCUT2D eigenvalue weighted by Gasteiger charge is 2.56. The number of aliphatic hydroxyl groups is 2. The van der Waals surface area contributed by atoms with E-state index >= 15 is 4.39 Å². The smallest absolute Gasteiger partial charge is 0.273 e. The number of hydrogen-bond acceptors (Lipinski definition) is 8. The predicted octanol–water partition coefficient (Wildman–Crippen LogP) is 4.83. The standard InChI is InChI=1S/C38H45F2N3O5SSi/c1-25-23-43(24-26(2)48-25)38(46,29-17-12-18-30(39)31(29)40)36-41-32(34(44)42-19-21-47-22-20-42)33(49-36)35(45)50(37(3,4)5,27-13-8-6-9-14-27)28-15-10-7-11-16-28/h6-18,25-26,35,45-46H,19-24H2,1-5H3/t25-,26+,35?,38?. The highest BCUT2D eigenvalue weighted by molar-refractivity contribution is 7.14. The number of rotatable bonds is 8. The van der Waals surface area contributed by atoms with Crippen molar-refractivity contribution >= 4 is 35.7 Å². The molecule has 6 rings (SSSR count). The number of morpholine rings is 2. The van der Waals surface area contributed by atoms with Crippen molar-refractivity contribution in [1.82, 2.24) is 14.8 Å². The van der Waals surface area contributed by atoms with Crippen molar-refractivity contribution in [3.63, 3.8) is 0 Å². The molecule has 0 saturated carbocycles. The Bertz CT molecular complexity index is 1750. The number of aliphatic hydroxyl groups excluding tert-OH is 1. The van der Waals surface area contributed by atoms with Gasteiger partial charge in [-0.2, -0.15) is 0 Å². The van der Waals surface area contributed by atoms with Gasteiger partial charge in [0.2, 0.25) is 5.72 Å². The van der Waals surface area contributed by atoms with Crippen LogP contribution in [0.25, 0.3) is 0 Å². The minimum Gasteiger partial charge on any atom is -0.390 e. The summed E-state index contributed by atoms with van der Waals surface area (Å²) in [5, 5.41) is 27.4. The maximum Gasteiger partial charge on any atom is 0.273 e. The molecule has 50 heavy (non-hydrogen) atoms. The van der Waals surface area contributed by atoms with E-state index in [1.165, 1.54) is 12.1 Å². The minimum absolute atomic E-state index is 0.0167. The van der Waals surface area contributed by atoms with E-state index in [-0.39, 0.29) is 46.4 Å².